The summed E-state index contributed by atoms with van der Waals surface area (Å²) in [5.74, 6) is 3.40. The number of benzene rings is 4. The lowest BCUT2D eigenvalue weighted by atomic mass is 9.96. The zero-order valence-electron chi connectivity index (χ0n) is 25.5. The Kier molecular flexibility index (Phi) is 11.9. The Morgan fingerprint density at radius 1 is 0.488 bits per heavy atom. The Morgan fingerprint density at radius 2 is 0.884 bits per heavy atom. The molecule has 0 heterocycles. The van der Waals surface area contributed by atoms with Gasteiger partial charge in [0.15, 0.2) is 0 Å². The van der Waals surface area contributed by atoms with Crippen LogP contribution in [0.1, 0.15) is 41.5 Å². The van der Waals surface area contributed by atoms with Gasteiger partial charge in [0.05, 0.1) is 28.4 Å². The Balaban J connectivity index is 1.61. The average Bonchev–Trinajstić information content (AvgIpc) is 3.06. The molecular weight excluding hydrogens is 532 g/mol. The number of hydrogen-bond acceptors (Lipinski definition) is 4. The fourth-order valence-electron chi connectivity index (χ4n) is 4.60. The lowest BCUT2D eigenvalue weighted by Crippen LogP contribution is -1.90. The van der Waals surface area contributed by atoms with E-state index in [1.165, 1.54) is 11.1 Å². The Bertz CT molecular complexity index is 1520. The molecular formula is C39H40O4. The molecule has 0 saturated carbocycles. The molecule has 0 amide bonds. The lowest BCUT2D eigenvalue weighted by Gasteiger charge is -2.10. The van der Waals surface area contributed by atoms with Crippen LogP contribution in [0.15, 0.2) is 120 Å². The zero-order valence-corrected chi connectivity index (χ0v) is 25.5. The molecule has 0 saturated heterocycles. The van der Waals surface area contributed by atoms with Gasteiger partial charge in [0.25, 0.3) is 0 Å². The Morgan fingerprint density at radius 3 is 1.33 bits per heavy atom. The van der Waals surface area contributed by atoms with Crippen LogP contribution >= 0.6 is 0 Å². The highest BCUT2D eigenvalue weighted by Gasteiger charge is 2.04. The average molecular weight is 573 g/mol. The van der Waals surface area contributed by atoms with Crippen LogP contribution in [-0.4, -0.2) is 28.4 Å². The van der Waals surface area contributed by atoms with Crippen molar-refractivity contribution in [2.24, 2.45) is 0 Å². The van der Waals surface area contributed by atoms with Crippen molar-refractivity contribution in [3.63, 3.8) is 0 Å². The number of hydrogen-bond donors (Lipinski definition) is 0. The van der Waals surface area contributed by atoms with Gasteiger partial charge in [-0.15, -0.1) is 0 Å². The topological polar surface area (TPSA) is 36.9 Å². The van der Waals surface area contributed by atoms with Crippen LogP contribution in [0.25, 0.3) is 24.3 Å². The van der Waals surface area contributed by atoms with E-state index in [2.05, 4.69) is 85.0 Å². The van der Waals surface area contributed by atoms with Gasteiger partial charge >= 0.3 is 0 Å². The summed E-state index contributed by atoms with van der Waals surface area (Å²) in [4.78, 5) is 0. The summed E-state index contributed by atoms with van der Waals surface area (Å²) in [7, 11) is 6.75. The maximum absolute atomic E-state index is 5.37. The SMILES string of the molecule is COc1ccc(/C=C(\C=C\c2ccc(OC)cc2)C/C(=C/c2ccc(OC)cc2)CC/C=C/c2ccc(OC)cc2)cc1. The van der Waals surface area contributed by atoms with E-state index in [4.69, 9.17) is 18.9 Å². The minimum atomic E-state index is 0.807. The van der Waals surface area contributed by atoms with Gasteiger partial charge in [-0.25, -0.2) is 0 Å². The summed E-state index contributed by atoms with van der Waals surface area (Å²) in [5, 5.41) is 0. The van der Waals surface area contributed by atoms with Crippen LogP contribution in [-0.2, 0) is 0 Å². The smallest absolute Gasteiger partial charge is 0.118 e. The molecule has 220 valence electrons. The number of rotatable bonds is 14. The first-order chi connectivity index (χ1) is 21.1. The van der Waals surface area contributed by atoms with Gasteiger partial charge in [0.1, 0.15) is 23.0 Å². The summed E-state index contributed by atoms with van der Waals surface area (Å²) < 4.78 is 21.4. The molecule has 0 N–H and O–H groups in total. The molecule has 0 aromatic heterocycles. The zero-order chi connectivity index (χ0) is 30.3. The Labute approximate surface area is 256 Å². The molecule has 0 aliphatic carbocycles. The fourth-order valence-corrected chi connectivity index (χ4v) is 4.60. The first kappa shape index (κ1) is 31.0. The molecule has 4 nitrogen and oxygen atoms in total. The standard InChI is InChI=1S/C39H40O4/c1-40-36-19-11-30(12-20-36)7-5-6-8-34(27-32-15-23-38(42-3)24-16-32)29-35(28-33-17-25-39(43-4)26-18-33)10-9-31-13-21-37(41-2)22-14-31/h5,7,9-28H,6,8,29H2,1-4H3/b7-5+,10-9+,34-27+,35-28+. The minimum Gasteiger partial charge on any atom is -0.497 e. The maximum Gasteiger partial charge on any atom is 0.118 e. The van der Waals surface area contributed by atoms with Crippen molar-refractivity contribution in [1.82, 2.24) is 0 Å². The van der Waals surface area contributed by atoms with Gasteiger partial charge < -0.3 is 18.9 Å². The fraction of sp³-hybridized carbons (Fsp3) is 0.179. The molecule has 4 rings (SSSR count). The van der Waals surface area contributed by atoms with Gasteiger partial charge in [0.2, 0.25) is 0 Å². The first-order valence-corrected chi connectivity index (χ1v) is 14.4. The van der Waals surface area contributed by atoms with Crippen molar-refractivity contribution < 1.29 is 18.9 Å². The second-order valence-corrected chi connectivity index (χ2v) is 10.1. The van der Waals surface area contributed by atoms with Crippen molar-refractivity contribution >= 4 is 24.3 Å². The molecule has 0 fully saturated rings. The van der Waals surface area contributed by atoms with Crippen molar-refractivity contribution in [3.8, 4) is 23.0 Å². The third kappa shape index (κ3) is 10.1. The normalized spacial score (nSPS) is 12.1. The number of allylic oxidation sites excluding steroid dienone is 4. The monoisotopic (exact) mass is 572 g/mol. The molecule has 0 aliphatic rings. The molecule has 0 aliphatic heterocycles. The molecule has 4 aromatic carbocycles. The van der Waals surface area contributed by atoms with Crippen molar-refractivity contribution in [3.05, 3.63) is 143 Å². The van der Waals surface area contributed by atoms with E-state index >= 15 is 0 Å². The molecule has 0 atom stereocenters. The first-order valence-electron chi connectivity index (χ1n) is 14.4. The summed E-state index contributed by atoms with van der Waals surface area (Å²) in [6.07, 6.45) is 16.0. The summed E-state index contributed by atoms with van der Waals surface area (Å²) in [6, 6.07) is 32.6. The third-order valence-electron chi connectivity index (χ3n) is 7.05. The quantitative estimate of drug-likeness (QED) is 0.141. The second kappa shape index (κ2) is 16.5. The summed E-state index contributed by atoms with van der Waals surface area (Å²) in [5.41, 5.74) is 7.09. The summed E-state index contributed by atoms with van der Waals surface area (Å²) >= 11 is 0. The van der Waals surface area contributed by atoms with Crippen molar-refractivity contribution in [2.75, 3.05) is 28.4 Å². The van der Waals surface area contributed by atoms with E-state index < -0.39 is 0 Å². The van der Waals surface area contributed by atoms with Gasteiger partial charge in [-0.2, -0.15) is 0 Å². The van der Waals surface area contributed by atoms with Gasteiger partial charge in [-0.3, -0.25) is 0 Å². The molecule has 0 spiro atoms. The van der Waals surface area contributed by atoms with Gasteiger partial charge in [-0.05, 0) is 95.6 Å². The molecule has 0 unspecified atom stereocenters. The van der Waals surface area contributed by atoms with Crippen LogP contribution in [0, 0.1) is 0 Å². The van der Waals surface area contributed by atoms with Crippen molar-refractivity contribution in [2.45, 2.75) is 19.3 Å². The van der Waals surface area contributed by atoms with E-state index in [1.807, 2.05) is 48.5 Å². The molecule has 4 heteroatoms. The van der Waals surface area contributed by atoms with Crippen molar-refractivity contribution in [1.29, 1.82) is 0 Å². The largest absolute Gasteiger partial charge is 0.497 e. The predicted octanol–water partition coefficient (Wildman–Crippen LogP) is 9.79. The predicted molar refractivity (Wildman–Crippen MR) is 180 cm³/mol. The summed E-state index contributed by atoms with van der Waals surface area (Å²) in [6.45, 7) is 0. The second-order valence-electron chi connectivity index (χ2n) is 10.1. The van der Waals surface area contributed by atoms with Crippen LogP contribution < -0.4 is 18.9 Å². The van der Waals surface area contributed by atoms with Gasteiger partial charge in [0, 0.05) is 0 Å². The van der Waals surface area contributed by atoms with Crippen LogP contribution in [0.2, 0.25) is 0 Å². The highest BCUT2D eigenvalue weighted by Crippen LogP contribution is 2.26. The van der Waals surface area contributed by atoms with Gasteiger partial charge in [-0.1, -0.05) is 90.6 Å². The number of ether oxygens (including phenoxy) is 4. The highest BCUT2D eigenvalue weighted by atomic mass is 16.5. The van der Waals surface area contributed by atoms with Crippen LogP contribution in [0.4, 0.5) is 0 Å². The van der Waals surface area contributed by atoms with Crippen LogP contribution in [0.3, 0.4) is 0 Å². The molecule has 4 aromatic rings. The highest BCUT2D eigenvalue weighted by molar-refractivity contribution is 5.65. The van der Waals surface area contributed by atoms with E-state index in [0.29, 0.717) is 0 Å². The van der Waals surface area contributed by atoms with E-state index in [0.717, 1.165) is 64.5 Å². The maximum atomic E-state index is 5.37. The molecule has 43 heavy (non-hydrogen) atoms. The molecule has 0 radical (unpaired) electrons. The minimum absolute atomic E-state index is 0.807. The lowest BCUT2D eigenvalue weighted by molar-refractivity contribution is 0.414. The number of methoxy groups -OCH3 is 4. The van der Waals surface area contributed by atoms with Crippen LogP contribution in [0.5, 0.6) is 23.0 Å². The van der Waals surface area contributed by atoms with E-state index in [1.54, 1.807) is 28.4 Å². The van der Waals surface area contributed by atoms with E-state index in [9.17, 15) is 0 Å². The van der Waals surface area contributed by atoms with E-state index in [-0.39, 0.29) is 0 Å². The third-order valence-corrected chi connectivity index (χ3v) is 7.05. The Hall–Kier alpha value is -4.96. The molecule has 0 bridgehead atoms.